The second kappa shape index (κ2) is 6.65. The Labute approximate surface area is 113 Å². The van der Waals surface area contributed by atoms with Crippen LogP contribution in [0.15, 0.2) is 24.3 Å². The molecule has 0 aliphatic carbocycles. The van der Waals surface area contributed by atoms with Gasteiger partial charge in [0.15, 0.2) is 6.29 Å². The van der Waals surface area contributed by atoms with Gasteiger partial charge in [0.05, 0.1) is 13.2 Å². The highest BCUT2D eigenvalue weighted by Gasteiger charge is 2.19. The summed E-state index contributed by atoms with van der Waals surface area (Å²) in [6.07, 6.45) is 0.360. The average molecular weight is 264 g/mol. The van der Waals surface area contributed by atoms with Crippen molar-refractivity contribution < 1.29 is 14.3 Å². The molecule has 2 rings (SSSR count). The average Bonchev–Trinajstić information content (AvgIpc) is 2.93. The topological polar surface area (TPSA) is 73.6 Å². The highest BCUT2D eigenvalue weighted by Crippen LogP contribution is 2.25. The van der Waals surface area contributed by atoms with Crippen LogP contribution in [0.5, 0.6) is 0 Å². The number of carbonyl (C=O) groups is 1. The molecule has 1 amide bonds. The maximum absolute atomic E-state index is 11.9. The van der Waals surface area contributed by atoms with Gasteiger partial charge in [-0.1, -0.05) is 19.1 Å². The Hall–Kier alpha value is -1.43. The third kappa shape index (κ3) is 3.76. The first-order valence-corrected chi connectivity index (χ1v) is 6.55. The maximum atomic E-state index is 11.9. The summed E-state index contributed by atoms with van der Waals surface area (Å²) in [4.78, 5) is 11.9. The van der Waals surface area contributed by atoms with Gasteiger partial charge in [0.25, 0.3) is 0 Å². The number of rotatable bonds is 5. The SMILES string of the molecule is CC(CCN)C(=O)Nc1cccc(C2OCCO2)c1. The maximum Gasteiger partial charge on any atom is 0.227 e. The highest BCUT2D eigenvalue weighted by molar-refractivity contribution is 5.92. The predicted molar refractivity (Wildman–Crippen MR) is 72.6 cm³/mol. The van der Waals surface area contributed by atoms with Gasteiger partial charge in [0.1, 0.15) is 0 Å². The van der Waals surface area contributed by atoms with Crippen LogP contribution in [0.3, 0.4) is 0 Å². The lowest BCUT2D eigenvalue weighted by molar-refractivity contribution is -0.119. The zero-order valence-electron chi connectivity index (χ0n) is 11.1. The monoisotopic (exact) mass is 264 g/mol. The number of hydrogen-bond donors (Lipinski definition) is 2. The Morgan fingerprint density at radius 3 is 2.89 bits per heavy atom. The number of hydrogen-bond acceptors (Lipinski definition) is 4. The lowest BCUT2D eigenvalue weighted by Gasteiger charge is -2.14. The molecule has 0 bridgehead atoms. The lowest BCUT2D eigenvalue weighted by Crippen LogP contribution is -2.22. The van der Waals surface area contributed by atoms with Crippen molar-refractivity contribution in [1.82, 2.24) is 0 Å². The van der Waals surface area contributed by atoms with Gasteiger partial charge in [-0.2, -0.15) is 0 Å². The number of nitrogens with two attached hydrogens (primary N) is 1. The van der Waals surface area contributed by atoms with Crippen molar-refractivity contribution in [1.29, 1.82) is 0 Å². The third-order valence-electron chi connectivity index (χ3n) is 3.10. The zero-order valence-corrected chi connectivity index (χ0v) is 11.1. The van der Waals surface area contributed by atoms with E-state index >= 15 is 0 Å². The fourth-order valence-electron chi connectivity index (χ4n) is 1.96. The normalized spacial score (nSPS) is 17.4. The van der Waals surface area contributed by atoms with Crippen LogP contribution in [0.4, 0.5) is 5.69 Å². The lowest BCUT2D eigenvalue weighted by atomic mass is 10.1. The minimum absolute atomic E-state index is 0.0177. The minimum atomic E-state index is -0.321. The van der Waals surface area contributed by atoms with Gasteiger partial charge < -0.3 is 20.5 Å². The molecule has 104 valence electrons. The van der Waals surface area contributed by atoms with Crippen molar-refractivity contribution in [3.05, 3.63) is 29.8 Å². The molecule has 1 aliphatic rings. The first-order chi connectivity index (χ1) is 9.20. The van der Waals surface area contributed by atoms with E-state index in [9.17, 15) is 4.79 Å². The molecule has 0 saturated carbocycles. The summed E-state index contributed by atoms with van der Waals surface area (Å²) < 4.78 is 10.9. The van der Waals surface area contributed by atoms with Crippen LogP contribution in [0.25, 0.3) is 0 Å². The Balaban J connectivity index is 2.00. The number of amides is 1. The Morgan fingerprint density at radius 2 is 2.21 bits per heavy atom. The molecule has 1 saturated heterocycles. The second-order valence-corrected chi connectivity index (χ2v) is 4.67. The van der Waals surface area contributed by atoms with E-state index in [0.717, 1.165) is 11.3 Å². The molecular weight excluding hydrogens is 244 g/mol. The van der Waals surface area contributed by atoms with Gasteiger partial charge in [-0.3, -0.25) is 4.79 Å². The van der Waals surface area contributed by atoms with Crippen LogP contribution >= 0.6 is 0 Å². The van der Waals surface area contributed by atoms with E-state index < -0.39 is 0 Å². The minimum Gasteiger partial charge on any atom is -0.346 e. The molecule has 0 spiro atoms. The van der Waals surface area contributed by atoms with Gasteiger partial charge in [-0.15, -0.1) is 0 Å². The summed E-state index contributed by atoms with van der Waals surface area (Å²) in [6.45, 7) is 3.59. The van der Waals surface area contributed by atoms with E-state index in [1.807, 2.05) is 31.2 Å². The van der Waals surface area contributed by atoms with E-state index in [-0.39, 0.29) is 18.1 Å². The van der Waals surface area contributed by atoms with Gasteiger partial charge in [-0.05, 0) is 25.1 Å². The number of ether oxygens (including phenoxy) is 2. The molecular formula is C14H20N2O3. The molecule has 1 aliphatic heterocycles. The second-order valence-electron chi connectivity index (χ2n) is 4.67. The molecule has 5 nitrogen and oxygen atoms in total. The summed E-state index contributed by atoms with van der Waals surface area (Å²) in [5, 5.41) is 2.88. The number of carbonyl (C=O) groups excluding carboxylic acids is 1. The third-order valence-corrected chi connectivity index (χ3v) is 3.10. The molecule has 0 aromatic heterocycles. The van der Waals surface area contributed by atoms with E-state index in [1.54, 1.807) is 0 Å². The Morgan fingerprint density at radius 1 is 1.47 bits per heavy atom. The summed E-state index contributed by atoms with van der Waals surface area (Å²) >= 11 is 0. The van der Waals surface area contributed by atoms with Gasteiger partial charge in [0.2, 0.25) is 5.91 Å². The van der Waals surface area contributed by atoms with Crippen LogP contribution in [0, 0.1) is 5.92 Å². The van der Waals surface area contributed by atoms with Gasteiger partial charge in [-0.25, -0.2) is 0 Å². The molecule has 19 heavy (non-hydrogen) atoms. The molecule has 1 fully saturated rings. The smallest absolute Gasteiger partial charge is 0.227 e. The molecule has 1 heterocycles. The quantitative estimate of drug-likeness (QED) is 0.848. The van der Waals surface area contributed by atoms with E-state index in [1.165, 1.54) is 0 Å². The van der Waals surface area contributed by atoms with Crippen molar-refractivity contribution >= 4 is 11.6 Å². The van der Waals surface area contributed by atoms with Crippen LogP contribution in [-0.2, 0) is 14.3 Å². The molecule has 1 aromatic carbocycles. The molecule has 1 unspecified atom stereocenters. The summed E-state index contributed by atoms with van der Waals surface area (Å²) in [6, 6.07) is 7.53. The standard InChI is InChI=1S/C14H20N2O3/c1-10(5-6-15)13(17)16-12-4-2-3-11(9-12)14-18-7-8-19-14/h2-4,9-10,14H,5-8,15H2,1H3,(H,16,17). The van der Waals surface area contributed by atoms with Crippen LogP contribution in [-0.4, -0.2) is 25.7 Å². The van der Waals surface area contributed by atoms with Crippen molar-refractivity contribution in [2.24, 2.45) is 11.7 Å². The molecule has 3 N–H and O–H groups in total. The Bertz CT molecular complexity index is 430. The predicted octanol–water partition coefficient (Wildman–Crippen LogP) is 1.66. The summed E-state index contributed by atoms with van der Waals surface area (Å²) in [5.74, 6) is -0.108. The summed E-state index contributed by atoms with van der Waals surface area (Å²) in [7, 11) is 0. The van der Waals surface area contributed by atoms with Crippen molar-refractivity contribution in [2.75, 3.05) is 25.1 Å². The Kier molecular flexibility index (Phi) is 4.90. The first-order valence-electron chi connectivity index (χ1n) is 6.55. The molecule has 0 radical (unpaired) electrons. The van der Waals surface area contributed by atoms with E-state index in [4.69, 9.17) is 15.2 Å². The van der Waals surface area contributed by atoms with Gasteiger partial charge in [0, 0.05) is 17.2 Å². The highest BCUT2D eigenvalue weighted by atomic mass is 16.7. The first kappa shape index (κ1) is 14.0. The van der Waals surface area contributed by atoms with Crippen molar-refractivity contribution in [2.45, 2.75) is 19.6 Å². The molecule has 1 atom stereocenters. The fraction of sp³-hybridized carbons (Fsp3) is 0.500. The van der Waals surface area contributed by atoms with Gasteiger partial charge >= 0.3 is 0 Å². The number of nitrogens with one attached hydrogen (secondary N) is 1. The van der Waals surface area contributed by atoms with Crippen LogP contribution in [0.2, 0.25) is 0 Å². The van der Waals surface area contributed by atoms with Crippen LogP contribution in [0.1, 0.15) is 25.2 Å². The zero-order chi connectivity index (χ0) is 13.7. The molecule has 1 aromatic rings. The molecule has 5 heteroatoms. The van der Waals surface area contributed by atoms with Crippen LogP contribution < -0.4 is 11.1 Å². The number of anilines is 1. The van der Waals surface area contributed by atoms with E-state index in [2.05, 4.69) is 5.32 Å². The fourth-order valence-corrected chi connectivity index (χ4v) is 1.96. The largest absolute Gasteiger partial charge is 0.346 e. The van der Waals surface area contributed by atoms with Crippen molar-refractivity contribution in [3.8, 4) is 0 Å². The summed E-state index contributed by atoms with van der Waals surface area (Å²) in [5.41, 5.74) is 7.13. The van der Waals surface area contributed by atoms with Crippen molar-refractivity contribution in [3.63, 3.8) is 0 Å². The number of benzene rings is 1. The van der Waals surface area contributed by atoms with E-state index in [0.29, 0.717) is 26.2 Å².